The minimum Gasteiger partial charge on any atom is -0.315 e. The molecule has 1 N–H and O–H groups in total. The quantitative estimate of drug-likeness (QED) is 0.867. The van der Waals surface area contributed by atoms with Crippen molar-refractivity contribution in [2.75, 3.05) is 7.05 Å². The first-order valence-electron chi connectivity index (χ1n) is 5.96. The normalized spacial score (nSPS) is 11.6. The lowest BCUT2D eigenvalue weighted by Gasteiger charge is -2.07. The van der Waals surface area contributed by atoms with E-state index in [1.165, 1.54) is 15.1 Å². The zero-order valence-electron chi connectivity index (χ0n) is 10.5. The Bertz CT molecular complexity index is 516. The molecule has 0 amide bonds. The standard InChI is InChI=1S/C14H18FNS/c1-9(2)6-11-12-7-10(15)4-5-13(12)17-14(11)8-16-3/h4-5,7,9,16H,6,8H2,1-3H3. The number of benzene rings is 1. The Morgan fingerprint density at radius 3 is 2.76 bits per heavy atom. The predicted molar refractivity (Wildman–Crippen MR) is 73.1 cm³/mol. The number of thiophene rings is 1. The van der Waals surface area contributed by atoms with Crippen molar-refractivity contribution in [2.24, 2.45) is 5.92 Å². The molecule has 0 atom stereocenters. The fourth-order valence-corrected chi connectivity index (χ4v) is 3.33. The maximum absolute atomic E-state index is 13.3. The van der Waals surface area contributed by atoms with E-state index in [4.69, 9.17) is 0 Å². The van der Waals surface area contributed by atoms with E-state index < -0.39 is 0 Å². The predicted octanol–water partition coefficient (Wildman–Crippen LogP) is 3.96. The van der Waals surface area contributed by atoms with Gasteiger partial charge in [0.1, 0.15) is 5.82 Å². The summed E-state index contributed by atoms with van der Waals surface area (Å²) in [5, 5.41) is 4.28. The molecule has 0 aliphatic rings. The van der Waals surface area contributed by atoms with Crippen LogP contribution < -0.4 is 5.32 Å². The summed E-state index contributed by atoms with van der Waals surface area (Å²) < 4.78 is 14.5. The van der Waals surface area contributed by atoms with Gasteiger partial charge in [-0.1, -0.05) is 13.8 Å². The summed E-state index contributed by atoms with van der Waals surface area (Å²) in [6.45, 7) is 5.26. The molecule has 0 unspecified atom stereocenters. The van der Waals surface area contributed by atoms with Gasteiger partial charge in [-0.2, -0.15) is 0 Å². The van der Waals surface area contributed by atoms with Crippen LogP contribution in [-0.2, 0) is 13.0 Å². The average molecular weight is 251 g/mol. The molecule has 0 saturated heterocycles. The summed E-state index contributed by atoms with van der Waals surface area (Å²) >= 11 is 1.77. The number of nitrogens with one attached hydrogen (secondary N) is 1. The molecule has 0 spiro atoms. The molecule has 3 heteroatoms. The van der Waals surface area contributed by atoms with E-state index in [1.807, 2.05) is 13.1 Å². The van der Waals surface area contributed by atoms with Gasteiger partial charge >= 0.3 is 0 Å². The Kier molecular flexibility index (Phi) is 3.79. The summed E-state index contributed by atoms with van der Waals surface area (Å²) in [7, 11) is 1.95. The van der Waals surface area contributed by atoms with Crippen molar-refractivity contribution < 1.29 is 4.39 Å². The molecule has 1 heterocycles. The molecule has 0 fully saturated rings. The third-order valence-corrected chi connectivity index (χ3v) is 4.00. The van der Waals surface area contributed by atoms with Crippen molar-refractivity contribution in [3.8, 4) is 0 Å². The van der Waals surface area contributed by atoms with E-state index in [2.05, 4.69) is 19.2 Å². The van der Waals surface area contributed by atoms with E-state index in [1.54, 1.807) is 23.5 Å². The third-order valence-electron chi connectivity index (χ3n) is 2.79. The second-order valence-electron chi connectivity index (χ2n) is 4.77. The summed E-state index contributed by atoms with van der Waals surface area (Å²) in [5.74, 6) is 0.447. The molecule has 1 aromatic carbocycles. The van der Waals surface area contributed by atoms with Gasteiger partial charge in [-0.3, -0.25) is 0 Å². The molecule has 1 aromatic heterocycles. The number of fused-ring (bicyclic) bond motifs is 1. The summed E-state index contributed by atoms with van der Waals surface area (Å²) in [5.41, 5.74) is 1.31. The van der Waals surface area contributed by atoms with E-state index >= 15 is 0 Å². The van der Waals surface area contributed by atoms with Crippen molar-refractivity contribution in [1.29, 1.82) is 0 Å². The summed E-state index contributed by atoms with van der Waals surface area (Å²) in [6.07, 6.45) is 1.01. The summed E-state index contributed by atoms with van der Waals surface area (Å²) in [6, 6.07) is 5.10. The zero-order chi connectivity index (χ0) is 12.4. The minimum atomic E-state index is -0.142. The van der Waals surface area contributed by atoms with Crippen LogP contribution in [0.2, 0.25) is 0 Å². The summed E-state index contributed by atoms with van der Waals surface area (Å²) in [4.78, 5) is 1.34. The van der Waals surface area contributed by atoms with Gasteiger partial charge in [0.25, 0.3) is 0 Å². The smallest absolute Gasteiger partial charge is 0.123 e. The fraction of sp³-hybridized carbons (Fsp3) is 0.429. The van der Waals surface area contributed by atoms with Crippen LogP contribution in [0.3, 0.4) is 0 Å². The van der Waals surface area contributed by atoms with Gasteiger partial charge in [-0.05, 0) is 48.5 Å². The zero-order valence-corrected chi connectivity index (χ0v) is 11.3. The molecule has 2 aromatic rings. The Balaban J connectivity index is 2.55. The van der Waals surface area contributed by atoms with Gasteiger partial charge in [0.2, 0.25) is 0 Å². The Hall–Kier alpha value is -0.930. The van der Waals surface area contributed by atoms with Crippen LogP contribution in [0.4, 0.5) is 4.39 Å². The third kappa shape index (κ3) is 2.67. The van der Waals surface area contributed by atoms with Gasteiger partial charge in [0, 0.05) is 16.1 Å². The lowest BCUT2D eigenvalue weighted by Crippen LogP contribution is -2.06. The largest absolute Gasteiger partial charge is 0.315 e. The molecular formula is C14H18FNS. The van der Waals surface area contributed by atoms with Crippen molar-refractivity contribution in [3.05, 3.63) is 34.5 Å². The van der Waals surface area contributed by atoms with Gasteiger partial charge in [-0.15, -0.1) is 11.3 Å². The number of halogens is 1. The van der Waals surface area contributed by atoms with Crippen LogP contribution in [0.25, 0.3) is 10.1 Å². The van der Waals surface area contributed by atoms with Crippen LogP contribution in [0.15, 0.2) is 18.2 Å². The molecule has 0 radical (unpaired) electrons. The van der Waals surface area contributed by atoms with Crippen LogP contribution in [0.5, 0.6) is 0 Å². The number of hydrogen-bond acceptors (Lipinski definition) is 2. The second-order valence-corrected chi connectivity index (χ2v) is 5.91. The van der Waals surface area contributed by atoms with Gasteiger partial charge < -0.3 is 5.32 Å². The van der Waals surface area contributed by atoms with Crippen LogP contribution in [-0.4, -0.2) is 7.05 Å². The van der Waals surface area contributed by atoms with Crippen molar-refractivity contribution in [3.63, 3.8) is 0 Å². The SMILES string of the molecule is CNCc1sc2ccc(F)cc2c1CC(C)C. The second kappa shape index (κ2) is 5.15. The molecule has 17 heavy (non-hydrogen) atoms. The van der Waals surface area contributed by atoms with E-state index in [0.29, 0.717) is 5.92 Å². The van der Waals surface area contributed by atoms with E-state index in [0.717, 1.165) is 18.4 Å². The molecular weight excluding hydrogens is 233 g/mol. The molecule has 1 nitrogen and oxygen atoms in total. The van der Waals surface area contributed by atoms with Crippen molar-refractivity contribution >= 4 is 21.4 Å². The lowest BCUT2D eigenvalue weighted by atomic mass is 10.00. The Labute approximate surface area is 106 Å². The molecule has 0 aliphatic heterocycles. The first-order valence-corrected chi connectivity index (χ1v) is 6.78. The monoisotopic (exact) mass is 251 g/mol. The molecule has 0 aliphatic carbocycles. The van der Waals surface area contributed by atoms with Crippen LogP contribution in [0, 0.1) is 11.7 Å². The van der Waals surface area contributed by atoms with Crippen LogP contribution in [0.1, 0.15) is 24.3 Å². The molecule has 0 bridgehead atoms. The average Bonchev–Trinajstić information content (AvgIpc) is 2.57. The molecule has 2 rings (SSSR count). The topological polar surface area (TPSA) is 12.0 Å². The van der Waals surface area contributed by atoms with Gasteiger partial charge in [0.15, 0.2) is 0 Å². The Morgan fingerprint density at radius 2 is 2.12 bits per heavy atom. The highest BCUT2D eigenvalue weighted by Crippen LogP contribution is 2.33. The van der Waals surface area contributed by atoms with Gasteiger partial charge in [0.05, 0.1) is 0 Å². The molecule has 92 valence electrons. The Morgan fingerprint density at radius 1 is 1.35 bits per heavy atom. The molecule has 0 saturated carbocycles. The van der Waals surface area contributed by atoms with Crippen molar-refractivity contribution in [2.45, 2.75) is 26.8 Å². The lowest BCUT2D eigenvalue weighted by molar-refractivity contribution is 0.628. The first kappa shape index (κ1) is 12.5. The number of rotatable bonds is 4. The maximum atomic E-state index is 13.3. The van der Waals surface area contributed by atoms with Gasteiger partial charge in [-0.25, -0.2) is 4.39 Å². The highest BCUT2D eigenvalue weighted by Gasteiger charge is 2.13. The highest BCUT2D eigenvalue weighted by molar-refractivity contribution is 7.19. The van der Waals surface area contributed by atoms with E-state index in [9.17, 15) is 4.39 Å². The highest BCUT2D eigenvalue weighted by atomic mass is 32.1. The van der Waals surface area contributed by atoms with E-state index in [-0.39, 0.29) is 5.82 Å². The minimum absolute atomic E-state index is 0.142. The van der Waals surface area contributed by atoms with Crippen molar-refractivity contribution in [1.82, 2.24) is 5.32 Å². The van der Waals surface area contributed by atoms with Crippen LogP contribution >= 0.6 is 11.3 Å². The fourth-order valence-electron chi connectivity index (χ4n) is 2.11. The first-order chi connectivity index (χ1) is 8.11. The maximum Gasteiger partial charge on any atom is 0.123 e. The number of hydrogen-bond donors (Lipinski definition) is 1.